The number of amides is 2. The van der Waals surface area contributed by atoms with E-state index >= 15 is 0 Å². The van der Waals surface area contributed by atoms with Gasteiger partial charge in [0.2, 0.25) is 0 Å². The molecular weight excluding hydrogens is 410 g/mol. The van der Waals surface area contributed by atoms with Crippen LogP contribution in [0, 0.1) is 0 Å². The minimum atomic E-state index is -0.328. The van der Waals surface area contributed by atoms with Gasteiger partial charge in [-0.3, -0.25) is 4.79 Å². The quantitative estimate of drug-likeness (QED) is 0.613. The van der Waals surface area contributed by atoms with Crippen molar-refractivity contribution in [1.29, 1.82) is 0 Å². The number of carbonyl (C=O) groups excluding carboxylic acids is 2. The van der Waals surface area contributed by atoms with Gasteiger partial charge in [-0.15, -0.1) is 11.3 Å². The standard InChI is InChI=1S/C21H20ClN3O3S/c1-2-28-21(27)25-11-9-24(10-12-25)20(26)15-13-17(18-7-8-19(22)29-18)23-16-6-4-3-5-14(15)16/h3-8,13H,2,9-12H2,1H3. The second-order valence-electron chi connectivity index (χ2n) is 6.65. The van der Waals surface area contributed by atoms with Crippen LogP contribution in [0.15, 0.2) is 42.5 Å². The fourth-order valence-electron chi connectivity index (χ4n) is 3.41. The number of para-hydroxylation sites is 1. The van der Waals surface area contributed by atoms with Crippen LogP contribution < -0.4 is 0 Å². The first-order chi connectivity index (χ1) is 14.1. The van der Waals surface area contributed by atoms with Gasteiger partial charge in [-0.1, -0.05) is 29.8 Å². The molecule has 1 aliphatic rings. The number of benzene rings is 1. The molecule has 4 rings (SSSR count). The van der Waals surface area contributed by atoms with Crippen LogP contribution in [0.5, 0.6) is 0 Å². The SMILES string of the molecule is CCOC(=O)N1CCN(C(=O)c2cc(-c3ccc(Cl)s3)nc3ccccc23)CC1. The van der Waals surface area contributed by atoms with Crippen molar-refractivity contribution < 1.29 is 14.3 Å². The highest BCUT2D eigenvalue weighted by molar-refractivity contribution is 7.19. The lowest BCUT2D eigenvalue weighted by atomic mass is 10.1. The Bertz CT molecular complexity index is 1060. The molecule has 0 spiro atoms. The second kappa shape index (κ2) is 8.39. The highest BCUT2D eigenvalue weighted by Gasteiger charge is 2.27. The number of rotatable bonds is 3. The molecule has 0 aliphatic carbocycles. The van der Waals surface area contributed by atoms with Gasteiger partial charge in [0, 0.05) is 31.6 Å². The summed E-state index contributed by atoms with van der Waals surface area (Å²) in [5.41, 5.74) is 2.11. The molecular formula is C21H20ClN3O3S. The van der Waals surface area contributed by atoms with E-state index in [2.05, 4.69) is 0 Å². The zero-order valence-corrected chi connectivity index (χ0v) is 17.5. The van der Waals surface area contributed by atoms with Crippen molar-refractivity contribution >= 4 is 45.8 Å². The number of aromatic nitrogens is 1. The van der Waals surface area contributed by atoms with Crippen molar-refractivity contribution in [3.63, 3.8) is 0 Å². The predicted molar refractivity (Wildman–Crippen MR) is 115 cm³/mol. The van der Waals surface area contributed by atoms with E-state index in [-0.39, 0.29) is 12.0 Å². The summed E-state index contributed by atoms with van der Waals surface area (Å²) in [6.07, 6.45) is -0.328. The van der Waals surface area contributed by atoms with Crippen LogP contribution in [0.25, 0.3) is 21.5 Å². The molecule has 0 N–H and O–H groups in total. The number of thiophene rings is 1. The zero-order chi connectivity index (χ0) is 20.4. The lowest BCUT2D eigenvalue weighted by molar-refractivity contribution is 0.0572. The molecule has 1 aliphatic heterocycles. The Morgan fingerprint density at radius 1 is 1.10 bits per heavy atom. The maximum atomic E-state index is 13.3. The molecule has 3 heterocycles. The first-order valence-electron chi connectivity index (χ1n) is 9.43. The number of carbonyl (C=O) groups is 2. The number of hydrogen-bond donors (Lipinski definition) is 0. The topological polar surface area (TPSA) is 62.7 Å². The Kier molecular flexibility index (Phi) is 5.69. The van der Waals surface area contributed by atoms with Crippen LogP contribution in [-0.2, 0) is 4.74 Å². The molecule has 150 valence electrons. The van der Waals surface area contributed by atoms with Crippen molar-refractivity contribution in [2.24, 2.45) is 0 Å². The number of ether oxygens (including phenoxy) is 1. The predicted octanol–water partition coefficient (Wildman–Crippen LogP) is 4.53. The van der Waals surface area contributed by atoms with Crippen LogP contribution >= 0.6 is 22.9 Å². The number of piperazine rings is 1. The molecule has 0 atom stereocenters. The van der Waals surface area contributed by atoms with Gasteiger partial charge >= 0.3 is 6.09 Å². The summed E-state index contributed by atoms with van der Waals surface area (Å²) in [7, 11) is 0. The Hall–Kier alpha value is -2.64. The Labute approximate surface area is 177 Å². The van der Waals surface area contributed by atoms with Gasteiger partial charge in [0.05, 0.1) is 32.6 Å². The summed E-state index contributed by atoms with van der Waals surface area (Å²) >= 11 is 7.52. The van der Waals surface area contributed by atoms with Crippen molar-refractivity contribution in [2.45, 2.75) is 6.92 Å². The van der Waals surface area contributed by atoms with Crippen molar-refractivity contribution in [3.05, 3.63) is 52.4 Å². The molecule has 3 aromatic rings. The van der Waals surface area contributed by atoms with E-state index in [0.29, 0.717) is 42.7 Å². The Morgan fingerprint density at radius 3 is 2.52 bits per heavy atom. The van der Waals surface area contributed by atoms with E-state index in [9.17, 15) is 9.59 Å². The van der Waals surface area contributed by atoms with E-state index in [4.69, 9.17) is 21.3 Å². The first kappa shape index (κ1) is 19.7. The number of pyridine rings is 1. The van der Waals surface area contributed by atoms with Crippen LogP contribution in [0.1, 0.15) is 17.3 Å². The summed E-state index contributed by atoms with van der Waals surface area (Å²) in [4.78, 5) is 34.3. The fourth-order valence-corrected chi connectivity index (χ4v) is 4.41. The molecule has 0 unspecified atom stereocenters. The minimum Gasteiger partial charge on any atom is -0.450 e. The number of hydrogen-bond acceptors (Lipinski definition) is 5. The van der Waals surface area contributed by atoms with Crippen LogP contribution in [-0.4, -0.2) is 59.6 Å². The normalized spacial score (nSPS) is 14.3. The van der Waals surface area contributed by atoms with Gasteiger partial charge in [0.25, 0.3) is 5.91 Å². The third-order valence-electron chi connectivity index (χ3n) is 4.87. The molecule has 1 saturated heterocycles. The summed E-state index contributed by atoms with van der Waals surface area (Å²) in [5, 5.41) is 0.816. The van der Waals surface area contributed by atoms with Gasteiger partial charge in [0.1, 0.15) is 0 Å². The third-order valence-corrected chi connectivity index (χ3v) is 6.12. The van der Waals surface area contributed by atoms with Crippen LogP contribution in [0.3, 0.4) is 0 Å². The molecule has 2 aromatic heterocycles. The van der Waals surface area contributed by atoms with Crippen LogP contribution in [0.2, 0.25) is 4.34 Å². The summed E-state index contributed by atoms with van der Waals surface area (Å²) in [6.45, 7) is 3.98. The van der Waals surface area contributed by atoms with Gasteiger partial charge in [-0.05, 0) is 31.2 Å². The molecule has 0 bridgehead atoms. The Balaban J connectivity index is 1.63. The largest absolute Gasteiger partial charge is 0.450 e. The smallest absolute Gasteiger partial charge is 0.409 e. The maximum absolute atomic E-state index is 13.3. The lowest BCUT2D eigenvalue weighted by Crippen LogP contribution is -2.50. The average Bonchev–Trinajstić information content (AvgIpc) is 3.19. The van der Waals surface area contributed by atoms with Crippen molar-refractivity contribution in [2.75, 3.05) is 32.8 Å². The van der Waals surface area contributed by atoms with Crippen molar-refractivity contribution in [3.8, 4) is 10.6 Å². The number of fused-ring (bicyclic) bond motifs is 1. The monoisotopic (exact) mass is 429 g/mol. The minimum absolute atomic E-state index is 0.0592. The Morgan fingerprint density at radius 2 is 1.83 bits per heavy atom. The summed E-state index contributed by atoms with van der Waals surface area (Å²) in [6, 6.07) is 13.2. The van der Waals surface area contributed by atoms with E-state index in [1.54, 1.807) is 16.7 Å². The molecule has 6 nitrogen and oxygen atoms in total. The second-order valence-corrected chi connectivity index (χ2v) is 8.37. The van der Waals surface area contributed by atoms with Gasteiger partial charge in [-0.25, -0.2) is 9.78 Å². The fraction of sp³-hybridized carbons (Fsp3) is 0.286. The van der Waals surface area contributed by atoms with Gasteiger partial charge < -0.3 is 14.5 Å². The first-order valence-corrected chi connectivity index (χ1v) is 10.6. The van der Waals surface area contributed by atoms with E-state index in [1.165, 1.54) is 11.3 Å². The summed E-state index contributed by atoms with van der Waals surface area (Å²) < 4.78 is 5.73. The molecule has 0 radical (unpaired) electrons. The summed E-state index contributed by atoms with van der Waals surface area (Å²) in [5.74, 6) is -0.0592. The molecule has 0 saturated carbocycles. The van der Waals surface area contributed by atoms with Gasteiger partial charge in [-0.2, -0.15) is 0 Å². The zero-order valence-electron chi connectivity index (χ0n) is 15.9. The molecule has 2 amide bonds. The molecule has 1 fully saturated rings. The van der Waals surface area contributed by atoms with Crippen molar-refractivity contribution in [1.82, 2.24) is 14.8 Å². The lowest BCUT2D eigenvalue weighted by Gasteiger charge is -2.34. The highest BCUT2D eigenvalue weighted by atomic mass is 35.5. The number of halogens is 1. The molecule has 29 heavy (non-hydrogen) atoms. The van der Waals surface area contributed by atoms with E-state index in [1.807, 2.05) is 42.5 Å². The third kappa shape index (κ3) is 4.06. The van der Waals surface area contributed by atoms with E-state index < -0.39 is 0 Å². The molecule has 1 aromatic carbocycles. The van der Waals surface area contributed by atoms with Crippen LogP contribution in [0.4, 0.5) is 4.79 Å². The highest BCUT2D eigenvalue weighted by Crippen LogP contribution is 2.32. The average molecular weight is 430 g/mol. The van der Waals surface area contributed by atoms with Gasteiger partial charge in [0.15, 0.2) is 0 Å². The number of nitrogens with zero attached hydrogens (tertiary/aromatic N) is 3. The maximum Gasteiger partial charge on any atom is 0.409 e. The van der Waals surface area contributed by atoms with E-state index in [0.717, 1.165) is 21.5 Å². The molecule has 8 heteroatoms.